The van der Waals surface area contributed by atoms with Crippen LogP contribution in [0, 0.1) is 0 Å². The van der Waals surface area contributed by atoms with E-state index in [9.17, 15) is 0 Å². The van der Waals surface area contributed by atoms with Gasteiger partial charge in [-0.2, -0.15) is 0 Å². The summed E-state index contributed by atoms with van der Waals surface area (Å²) in [4.78, 5) is 16.1. The molecule has 0 amide bonds. The minimum atomic E-state index is -0.603. The van der Waals surface area contributed by atoms with E-state index in [1.54, 1.807) is 0 Å². The minimum absolute atomic E-state index is 0.112. The fourth-order valence-corrected chi connectivity index (χ4v) is 10.6. The van der Waals surface area contributed by atoms with Crippen molar-refractivity contribution in [3.05, 3.63) is 258 Å². The lowest BCUT2D eigenvalue weighted by Crippen LogP contribution is -2.28. The van der Waals surface area contributed by atoms with Gasteiger partial charge in [0.25, 0.3) is 0 Å². The van der Waals surface area contributed by atoms with E-state index in [1.807, 2.05) is 24.3 Å². The molecule has 0 N–H and O–H groups in total. The molecule has 0 saturated heterocycles. The molecule has 3 heteroatoms. The van der Waals surface area contributed by atoms with Crippen molar-refractivity contribution in [3.8, 4) is 78.7 Å². The van der Waals surface area contributed by atoms with Gasteiger partial charge in [0.05, 0.1) is 5.41 Å². The molecule has 2 aliphatic rings. The molecular formula is C61H43N3. The van der Waals surface area contributed by atoms with Crippen molar-refractivity contribution in [2.75, 3.05) is 0 Å². The number of fused-ring (bicyclic) bond motifs is 6. The van der Waals surface area contributed by atoms with Crippen LogP contribution in [0.1, 0.15) is 47.2 Å². The van der Waals surface area contributed by atoms with E-state index in [4.69, 9.17) is 15.0 Å². The normalized spacial score (nSPS) is 13.7. The smallest absolute Gasteiger partial charge is 0.164 e. The molecule has 0 aliphatic heterocycles. The predicted octanol–water partition coefficient (Wildman–Crippen LogP) is 14.9. The van der Waals surface area contributed by atoms with Crippen molar-refractivity contribution in [1.82, 2.24) is 15.0 Å². The molecule has 0 bridgehead atoms. The van der Waals surface area contributed by atoms with Gasteiger partial charge in [-0.1, -0.05) is 220 Å². The molecule has 0 atom stereocenters. The van der Waals surface area contributed by atoms with Gasteiger partial charge in [0, 0.05) is 22.1 Å². The molecule has 1 heterocycles. The van der Waals surface area contributed by atoms with Crippen LogP contribution in [0.15, 0.2) is 224 Å². The van der Waals surface area contributed by atoms with Crippen molar-refractivity contribution in [3.63, 3.8) is 0 Å². The van der Waals surface area contributed by atoms with Gasteiger partial charge in [-0.25, -0.2) is 15.0 Å². The molecule has 0 radical (unpaired) electrons. The molecule has 1 aromatic heterocycles. The number of hydrogen-bond donors (Lipinski definition) is 0. The molecule has 12 rings (SSSR count). The maximum absolute atomic E-state index is 5.47. The number of benzene rings is 9. The summed E-state index contributed by atoms with van der Waals surface area (Å²) < 4.78 is 0. The van der Waals surface area contributed by atoms with Gasteiger partial charge in [-0.05, 0) is 96.1 Å². The highest BCUT2D eigenvalue weighted by atomic mass is 15.0. The fourth-order valence-electron chi connectivity index (χ4n) is 10.6. The van der Waals surface area contributed by atoms with Crippen molar-refractivity contribution >= 4 is 0 Å². The molecule has 0 unspecified atom stereocenters. The average Bonchev–Trinajstić information content (AvgIpc) is 3.79. The summed E-state index contributed by atoms with van der Waals surface area (Å²) in [5, 5.41) is 0. The van der Waals surface area contributed by atoms with Crippen LogP contribution in [0.5, 0.6) is 0 Å². The molecule has 0 saturated carbocycles. The van der Waals surface area contributed by atoms with E-state index in [-0.39, 0.29) is 5.41 Å². The summed E-state index contributed by atoms with van der Waals surface area (Å²) in [6, 6.07) is 81.0. The highest BCUT2D eigenvalue weighted by molar-refractivity contribution is 5.95. The van der Waals surface area contributed by atoms with Gasteiger partial charge >= 0.3 is 0 Å². The second-order valence-electron chi connectivity index (χ2n) is 17.5. The first-order valence-electron chi connectivity index (χ1n) is 22.1. The summed E-state index contributed by atoms with van der Waals surface area (Å²) in [5.74, 6) is 1.88. The Labute approximate surface area is 374 Å². The van der Waals surface area contributed by atoms with Crippen LogP contribution in [0.25, 0.3) is 78.7 Å². The zero-order chi connectivity index (χ0) is 42.8. The third-order valence-electron chi connectivity index (χ3n) is 13.6. The van der Waals surface area contributed by atoms with E-state index in [1.165, 1.54) is 61.2 Å². The van der Waals surface area contributed by atoms with E-state index in [0.29, 0.717) is 17.5 Å². The Balaban J connectivity index is 1.16. The highest BCUT2D eigenvalue weighted by Crippen LogP contribution is 2.58. The van der Waals surface area contributed by atoms with Crippen LogP contribution < -0.4 is 0 Å². The van der Waals surface area contributed by atoms with Gasteiger partial charge in [-0.15, -0.1) is 0 Å². The first-order chi connectivity index (χ1) is 31.5. The van der Waals surface area contributed by atoms with E-state index < -0.39 is 5.41 Å². The molecular weight excluding hydrogens is 775 g/mol. The average molecular weight is 818 g/mol. The molecule has 0 fully saturated rings. The van der Waals surface area contributed by atoms with Crippen LogP contribution in [-0.4, -0.2) is 15.0 Å². The van der Waals surface area contributed by atoms with Gasteiger partial charge in [0.2, 0.25) is 0 Å². The Morgan fingerprint density at radius 3 is 1.31 bits per heavy atom. The lowest BCUT2D eigenvalue weighted by Gasteiger charge is -2.34. The number of nitrogens with zero attached hydrogens (tertiary/aromatic N) is 3. The molecule has 302 valence electrons. The summed E-state index contributed by atoms with van der Waals surface area (Å²) in [7, 11) is 0. The van der Waals surface area contributed by atoms with Gasteiger partial charge in [0.1, 0.15) is 0 Å². The fraction of sp³-hybridized carbons (Fsp3) is 0.0656. The lowest BCUT2D eigenvalue weighted by atomic mass is 9.67. The van der Waals surface area contributed by atoms with Crippen LogP contribution in [0.2, 0.25) is 0 Å². The van der Waals surface area contributed by atoms with Crippen LogP contribution in [0.3, 0.4) is 0 Å². The zero-order valence-corrected chi connectivity index (χ0v) is 35.7. The largest absolute Gasteiger partial charge is 0.208 e. The summed E-state index contributed by atoms with van der Waals surface area (Å²) in [6.07, 6.45) is 0. The third kappa shape index (κ3) is 5.85. The minimum Gasteiger partial charge on any atom is -0.208 e. The number of aromatic nitrogens is 3. The number of hydrogen-bond acceptors (Lipinski definition) is 3. The Kier molecular flexibility index (Phi) is 8.74. The lowest BCUT2D eigenvalue weighted by molar-refractivity contribution is 0.660. The summed E-state index contributed by atoms with van der Waals surface area (Å²) >= 11 is 0. The SMILES string of the molecule is CC1(C)c2ccccc2-c2cc(-c3cc4c(cc3-c3nc(-c5ccccc5)nc(-c5ccc(-c6ccccc6)cc5)n3)C(c3ccccc3)(c3ccccc3)c3ccccc3-4)ccc21. The first kappa shape index (κ1) is 37.7. The molecule has 3 nitrogen and oxygen atoms in total. The van der Waals surface area contributed by atoms with E-state index in [2.05, 4.69) is 214 Å². The van der Waals surface area contributed by atoms with Crippen molar-refractivity contribution in [2.45, 2.75) is 24.7 Å². The maximum Gasteiger partial charge on any atom is 0.164 e. The summed E-state index contributed by atoms with van der Waals surface area (Å²) in [6.45, 7) is 4.68. The van der Waals surface area contributed by atoms with Crippen LogP contribution >= 0.6 is 0 Å². The Hall–Kier alpha value is -8.01. The zero-order valence-electron chi connectivity index (χ0n) is 35.7. The maximum atomic E-state index is 5.47. The van der Waals surface area contributed by atoms with Gasteiger partial charge in [-0.3, -0.25) is 0 Å². The first-order valence-corrected chi connectivity index (χ1v) is 22.1. The van der Waals surface area contributed by atoms with Gasteiger partial charge in [0.15, 0.2) is 17.5 Å². The molecule has 2 aliphatic carbocycles. The molecule has 9 aromatic carbocycles. The van der Waals surface area contributed by atoms with Crippen molar-refractivity contribution in [2.24, 2.45) is 0 Å². The second-order valence-corrected chi connectivity index (χ2v) is 17.5. The van der Waals surface area contributed by atoms with Crippen molar-refractivity contribution < 1.29 is 0 Å². The Bertz CT molecular complexity index is 3340. The standard InChI is InChI=1S/C61H43N3/c1-60(2)53-29-17-15-27-47(53)50-37-44(35-36-54(50)60)49-38-51-48-28-16-18-30-55(48)61(45-23-11-5-12-24-45,46-25-13-6-14-26-46)56(51)39-52(49)59-63-57(42-21-9-4-10-22-42)62-58(64-59)43-33-31-41(32-34-43)40-19-7-3-8-20-40/h3-39H,1-2H3. The Morgan fingerprint density at radius 1 is 0.266 bits per heavy atom. The van der Waals surface area contributed by atoms with E-state index >= 15 is 0 Å². The highest BCUT2D eigenvalue weighted by Gasteiger charge is 2.47. The van der Waals surface area contributed by atoms with E-state index in [0.717, 1.165) is 33.4 Å². The molecule has 0 spiro atoms. The topological polar surface area (TPSA) is 38.7 Å². The monoisotopic (exact) mass is 817 g/mol. The van der Waals surface area contributed by atoms with Crippen LogP contribution in [0.4, 0.5) is 0 Å². The molecule has 10 aromatic rings. The summed E-state index contributed by atoms with van der Waals surface area (Å²) in [5.41, 5.74) is 19.2. The molecule has 64 heavy (non-hydrogen) atoms. The van der Waals surface area contributed by atoms with Crippen LogP contribution in [-0.2, 0) is 10.8 Å². The Morgan fingerprint density at radius 2 is 0.688 bits per heavy atom. The van der Waals surface area contributed by atoms with Gasteiger partial charge < -0.3 is 0 Å². The third-order valence-corrected chi connectivity index (χ3v) is 13.6. The van der Waals surface area contributed by atoms with Crippen molar-refractivity contribution in [1.29, 1.82) is 0 Å². The quantitative estimate of drug-likeness (QED) is 0.161. The second kappa shape index (κ2) is 14.8. The number of rotatable bonds is 7. The predicted molar refractivity (Wildman–Crippen MR) is 262 cm³/mol.